The van der Waals surface area contributed by atoms with Crippen LogP contribution in [0.1, 0.15) is 72.1 Å². The molecule has 0 aromatic carbocycles. The van der Waals surface area contributed by atoms with E-state index in [4.69, 9.17) is 4.74 Å². The van der Waals surface area contributed by atoms with Crippen molar-refractivity contribution in [1.29, 1.82) is 0 Å². The van der Waals surface area contributed by atoms with E-state index in [-0.39, 0.29) is 17.8 Å². The summed E-state index contributed by atoms with van der Waals surface area (Å²) in [6.45, 7) is 11.9. The van der Waals surface area contributed by atoms with Crippen LogP contribution in [0.15, 0.2) is 0 Å². The summed E-state index contributed by atoms with van der Waals surface area (Å²) in [5.41, 5.74) is -0.506. The fourth-order valence-corrected chi connectivity index (χ4v) is 6.74. The van der Waals surface area contributed by atoms with Crippen LogP contribution in [0, 0.1) is 11.8 Å². The largest absolute Gasteiger partial charge is 0.444 e. The number of rotatable bonds is 7. The number of piperidine rings is 2. The van der Waals surface area contributed by atoms with Crippen molar-refractivity contribution in [1.82, 2.24) is 14.1 Å². The van der Waals surface area contributed by atoms with Gasteiger partial charge in [0.25, 0.3) is 0 Å². The highest BCUT2D eigenvalue weighted by Crippen LogP contribution is 2.26. The van der Waals surface area contributed by atoms with E-state index in [0.717, 1.165) is 25.7 Å². The van der Waals surface area contributed by atoms with Crippen LogP contribution >= 0.6 is 0 Å². The monoisotopic (exact) mass is 457 g/mol. The molecule has 31 heavy (non-hydrogen) atoms. The van der Waals surface area contributed by atoms with Gasteiger partial charge in [0.2, 0.25) is 10.0 Å². The first-order valence-corrected chi connectivity index (χ1v) is 13.9. The molecule has 0 spiro atoms. The molecule has 0 aliphatic carbocycles. The van der Waals surface area contributed by atoms with Gasteiger partial charge >= 0.3 is 6.09 Å². The molecular formula is C23H43N3O4S. The van der Waals surface area contributed by atoms with Crippen molar-refractivity contribution in [2.24, 2.45) is 11.8 Å². The first kappa shape index (κ1) is 24.8. The molecular weight excluding hydrogens is 414 g/mol. The minimum Gasteiger partial charge on any atom is -0.444 e. The van der Waals surface area contributed by atoms with Gasteiger partial charge in [-0.1, -0.05) is 0 Å². The van der Waals surface area contributed by atoms with Crippen LogP contribution in [0.4, 0.5) is 4.79 Å². The molecule has 7 nitrogen and oxygen atoms in total. The van der Waals surface area contributed by atoms with Crippen LogP contribution in [-0.2, 0) is 14.8 Å². The zero-order valence-electron chi connectivity index (χ0n) is 19.9. The molecule has 1 atom stereocenters. The minimum absolute atomic E-state index is 0.193. The Bertz CT molecular complexity index is 677. The van der Waals surface area contributed by atoms with E-state index in [1.807, 2.05) is 20.8 Å². The number of amides is 1. The summed E-state index contributed by atoms with van der Waals surface area (Å²) in [5.74, 6) is 1.08. The summed E-state index contributed by atoms with van der Waals surface area (Å²) >= 11 is 0. The Labute approximate surface area is 189 Å². The van der Waals surface area contributed by atoms with Crippen molar-refractivity contribution in [2.75, 3.05) is 51.6 Å². The van der Waals surface area contributed by atoms with Gasteiger partial charge in [0, 0.05) is 26.2 Å². The molecule has 3 rings (SSSR count). The van der Waals surface area contributed by atoms with Crippen LogP contribution in [0.25, 0.3) is 0 Å². The van der Waals surface area contributed by atoms with E-state index < -0.39 is 15.6 Å². The number of hydrogen-bond acceptors (Lipinski definition) is 5. The first-order valence-electron chi connectivity index (χ1n) is 12.3. The Morgan fingerprint density at radius 1 is 0.903 bits per heavy atom. The average Bonchev–Trinajstić information content (AvgIpc) is 3.24. The molecule has 3 fully saturated rings. The highest BCUT2D eigenvalue weighted by atomic mass is 32.2. The van der Waals surface area contributed by atoms with E-state index >= 15 is 0 Å². The lowest BCUT2D eigenvalue weighted by molar-refractivity contribution is 0.0164. The number of likely N-dealkylation sites (tertiary alicyclic amines) is 2. The number of hydrogen-bond donors (Lipinski definition) is 0. The molecule has 0 aromatic heterocycles. The zero-order valence-corrected chi connectivity index (χ0v) is 20.7. The summed E-state index contributed by atoms with van der Waals surface area (Å²) in [7, 11) is -3.22. The van der Waals surface area contributed by atoms with E-state index in [9.17, 15) is 13.2 Å². The lowest BCUT2D eigenvalue weighted by Gasteiger charge is -2.35. The van der Waals surface area contributed by atoms with Gasteiger partial charge in [0.15, 0.2) is 0 Å². The van der Waals surface area contributed by atoms with Crippen LogP contribution in [0.3, 0.4) is 0 Å². The van der Waals surface area contributed by atoms with Gasteiger partial charge < -0.3 is 14.5 Å². The van der Waals surface area contributed by atoms with Crippen molar-refractivity contribution in [3.8, 4) is 0 Å². The molecule has 180 valence electrons. The van der Waals surface area contributed by atoms with Crippen molar-refractivity contribution in [3.05, 3.63) is 0 Å². The van der Waals surface area contributed by atoms with Crippen LogP contribution in [0.5, 0.6) is 0 Å². The minimum atomic E-state index is -3.22. The van der Waals surface area contributed by atoms with Gasteiger partial charge in [-0.25, -0.2) is 17.5 Å². The molecule has 0 saturated carbocycles. The molecule has 3 heterocycles. The Morgan fingerprint density at radius 2 is 1.58 bits per heavy atom. The molecule has 0 N–H and O–H groups in total. The number of carbonyl (C=O) groups excluding carboxylic acids is 1. The fourth-order valence-electron chi connectivity index (χ4n) is 5.09. The lowest BCUT2D eigenvalue weighted by atomic mass is 9.94. The molecule has 1 unspecified atom stereocenters. The second kappa shape index (κ2) is 10.8. The fraction of sp³-hybridized carbons (Fsp3) is 0.957. The normalized spacial score (nSPS) is 25.1. The third kappa shape index (κ3) is 7.90. The summed E-state index contributed by atoms with van der Waals surface area (Å²) in [5, 5.41) is 0. The maximum atomic E-state index is 12.9. The molecule has 8 heteroatoms. The molecule has 3 aliphatic heterocycles. The Kier molecular flexibility index (Phi) is 8.66. The third-order valence-electron chi connectivity index (χ3n) is 6.97. The number of sulfonamides is 1. The summed E-state index contributed by atoms with van der Waals surface area (Å²) < 4.78 is 33.0. The smallest absolute Gasteiger partial charge is 0.410 e. The highest BCUT2D eigenvalue weighted by Gasteiger charge is 2.31. The third-order valence-corrected chi connectivity index (χ3v) is 8.88. The molecule has 0 bridgehead atoms. The van der Waals surface area contributed by atoms with Crippen LogP contribution in [0.2, 0.25) is 0 Å². The topological polar surface area (TPSA) is 70.2 Å². The molecule has 3 aliphatic rings. The van der Waals surface area contributed by atoms with Crippen molar-refractivity contribution in [3.63, 3.8) is 0 Å². The predicted octanol–water partition coefficient (Wildman–Crippen LogP) is 3.55. The second-order valence-corrected chi connectivity index (χ2v) is 12.8. The Hall–Kier alpha value is -0.860. The maximum absolute atomic E-state index is 12.9. The predicted molar refractivity (Wildman–Crippen MR) is 124 cm³/mol. The van der Waals surface area contributed by atoms with Gasteiger partial charge in [-0.05, 0) is 104 Å². The summed E-state index contributed by atoms with van der Waals surface area (Å²) in [6, 6.07) is 0. The first-order chi connectivity index (χ1) is 14.6. The van der Waals surface area contributed by atoms with Gasteiger partial charge in [-0.2, -0.15) is 0 Å². The standard InChI is InChI=1S/C23H43N3O4S/c1-23(2,3)30-22(27)25-14-6-7-21(19-25)11-18-31(28,29)26-16-9-20(10-17-26)8-15-24-12-4-5-13-24/h20-21H,4-19H2,1-3H3. The molecule has 3 saturated heterocycles. The highest BCUT2D eigenvalue weighted by molar-refractivity contribution is 7.89. The van der Waals surface area contributed by atoms with Gasteiger partial charge in [0.05, 0.1) is 5.75 Å². The average molecular weight is 458 g/mol. The van der Waals surface area contributed by atoms with Gasteiger partial charge in [0.1, 0.15) is 5.60 Å². The quantitative estimate of drug-likeness (QED) is 0.585. The SMILES string of the molecule is CC(C)(C)OC(=O)N1CCCC(CCS(=O)(=O)N2CCC(CCN3CCCC3)CC2)C1. The Morgan fingerprint density at radius 3 is 2.23 bits per heavy atom. The van der Waals surface area contributed by atoms with E-state index in [2.05, 4.69) is 4.90 Å². The number of carbonyl (C=O) groups is 1. The maximum Gasteiger partial charge on any atom is 0.410 e. The van der Waals surface area contributed by atoms with Crippen molar-refractivity contribution >= 4 is 16.1 Å². The number of nitrogens with zero attached hydrogens (tertiary/aromatic N) is 3. The van der Waals surface area contributed by atoms with Crippen LogP contribution in [-0.4, -0.2) is 85.8 Å². The van der Waals surface area contributed by atoms with E-state index in [1.54, 1.807) is 9.21 Å². The van der Waals surface area contributed by atoms with E-state index in [1.165, 1.54) is 38.9 Å². The summed E-state index contributed by atoms with van der Waals surface area (Å²) in [4.78, 5) is 16.6. The lowest BCUT2D eigenvalue weighted by Crippen LogP contribution is -2.44. The van der Waals surface area contributed by atoms with Gasteiger partial charge in [-0.15, -0.1) is 0 Å². The molecule has 0 aromatic rings. The van der Waals surface area contributed by atoms with E-state index in [0.29, 0.717) is 38.5 Å². The molecule has 0 radical (unpaired) electrons. The van der Waals surface area contributed by atoms with Crippen molar-refractivity contribution < 1.29 is 17.9 Å². The Balaban J connectivity index is 1.39. The molecule has 1 amide bonds. The van der Waals surface area contributed by atoms with Crippen molar-refractivity contribution in [2.45, 2.75) is 77.7 Å². The van der Waals surface area contributed by atoms with Crippen LogP contribution < -0.4 is 0 Å². The second-order valence-electron chi connectivity index (χ2n) is 10.7. The zero-order chi connectivity index (χ0) is 22.5. The van der Waals surface area contributed by atoms with Gasteiger partial charge in [-0.3, -0.25) is 0 Å². The number of ether oxygens (including phenoxy) is 1. The summed E-state index contributed by atoms with van der Waals surface area (Å²) in [6.07, 6.45) is 8.06.